The van der Waals surface area contributed by atoms with Gasteiger partial charge in [0.05, 0.1) is 0 Å². The fourth-order valence-corrected chi connectivity index (χ4v) is 3.42. The lowest BCUT2D eigenvalue weighted by Gasteiger charge is -2.55. The maximum atomic E-state index is 2.60. The smallest absolute Gasteiger partial charge is 0.0170 e. The molecule has 0 spiro atoms. The first kappa shape index (κ1) is 16.0. The largest absolute Gasteiger partial charge is 0.303 e. The minimum Gasteiger partial charge on any atom is -0.303 e. The zero-order chi connectivity index (χ0) is 14.0. The second-order valence-electron chi connectivity index (χ2n) is 7.43. The SMILES string of the molecule is CCCCCN(C)C1CC(C)(C)N(C)C(C)(C)C1. The molecule has 0 aromatic heterocycles. The van der Waals surface area contributed by atoms with Crippen LogP contribution in [0, 0.1) is 0 Å². The molecule has 0 N–H and O–H groups in total. The van der Waals surface area contributed by atoms with Crippen molar-refractivity contribution in [3.05, 3.63) is 0 Å². The summed E-state index contributed by atoms with van der Waals surface area (Å²) in [6, 6.07) is 0.739. The van der Waals surface area contributed by atoms with Gasteiger partial charge in [-0.1, -0.05) is 19.8 Å². The van der Waals surface area contributed by atoms with E-state index in [1.165, 1.54) is 38.6 Å². The van der Waals surface area contributed by atoms with Crippen molar-refractivity contribution in [3.63, 3.8) is 0 Å². The molecule has 0 amide bonds. The molecule has 1 saturated heterocycles. The van der Waals surface area contributed by atoms with E-state index in [-0.39, 0.29) is 0 Å². The normalized spacial score (nSPS) is 24.7. The zero-order valence-electron chi connectivity index (χ0n) is 13.7. The van der Waals surface area contributed by atoms with E-state index in [2.05, 4.69) is 58.5 Å². The molecule has 0 bridgehead atoms. The van der Waals surface area contributed by atoms with Crippen molar-refractivity contribution in [3.8, 4) is 0 Å². The maximum Gasteiger partial charge on any atom is 0.0170 e. The first-order chi connectivity index (χ1) is 8.20. The lowest BCUT2D eigenvalue weighted by molar-refractivity contribution is -0.0425. The Balaban J connectivity index is 2.62. The lowest BCUT2D eigenvalue weighted by Crippen LogP contribution is -2.62. The Kier molecular flexibility index (Phi) is 5.25. The van der Waals surface area contributed by atoms with E-state index in [0.717, 1.165) is 6.04 Å². The van der Waals surface area contributed by atoms with Crippen LogP contribution in [-0.2, 0) is 0 Å². The molecular formula is C16H34N2. The van der Waals surface area contributed by atoms with Gasteiger partial charge in [0.25, 0.3) is 0 Å². The van der Waals surface area contributed by atoms with E-state index in [1.807, 2.05) is 0 Å². The number of hydrogen-bond acceptors (Lipinski definition) is 2. The molecule has 1 aliphatic rings. The second-order valence-corrected chi connectivity index (χ2v) is 7.43. The summed E-state index contributed by atoms with van der Waals surface area (Å²) in [6.07, 6.45) is 6.60. The molecule has 18 heavy (non-hydrogen) atoms. The van der Waals surface area contributed by atoms with Gasteiger partial charge in [-0.3, -0.25) is 4.90 Å². The highest BCUT2D eigenvalue weighted by Gasteiger charge is 2.43. The summed E-state index contributed by atoms with van der Waals surface area (Å²) in [5, 5.41) is 0. The molecule has 0 atom stereocenters. The third-order valence-corrected chi connectivity index (χ3v) is 5.02. The Labute approximate surface area is 115 Å². The van der Waals surface area contributed by atoms with Gasteiger partial charge >= 0.3 is 0 Å². The van der Waals surface area contributed by atoms with Crippen LogP contribution in [0.2, 0.25) is 0 Å². The average molecular weight is 254 g/mol. The fraction of sp³-hybridized carbons (Fsp3) is 1.00. The number of piperidine rings is 1. The molecule has 0 aliphatic carbocycles. The van der Waals surface area contributed by atoms with E-state index in [1.54, 1.807) is 0 Å². The number of nitrogens with zero attached hydrogens (tertiary/aromatic N) is 2. The summed E-state index contributed by atoms with van der Waals surface area (Å²) in [4.78, 5) is 5.17. The van der Waals surface area contributed by atoms with Crippen LogP contribution in [0.15, 0.2) is 0 Å². The topological polar surface area (TPSA) is 6.48 Å². The summed E-state index contributed by atoms with van der Waals surface area (Å²) in [5.74, 6) is 0. The van der Waals surface area contributed by atoms with Gasteiger partial charge in [-0.15, -0.1) is 0 Å². The third kappa shape index (κ3) is 3.71. The Bertz CT molecular complexity index is 240. The minimum atomic E-state index is 0.311. The van der Waals surface area contributed by atoms with E-state index >= 15 is 0 Å². The van der Waals surface area contributed by atoms with Crippen molar-refractivity contribution in [2.24, 2.45) is 0 Å². The molecule has 2 heteroatoms. The molecule has 0 aromatic rings. The molecule has 1 rings (SSSR count). The van der Waals surface area contributed by atoms with Gasteiger partial charge in [0, 0.05) is 17.1 Å². The maximum absolute atomic E-state index is 2.60. The molecule has 0 aromatic carbocycles. The van der Waals surface area contributed by atoms with Crippen molar-refractivity contribution in [1.82, 2.24) is 9.80 Å². The zero-order valence-corrected chi connectivity index (χ0v) is 13.7. The highest BCUT2D eigenvalue weighted by molar-refractivity contribution is 5.00. The predicted molar refractivity (Wildman–Crippen MR) is 81.1 cm³/mol. The first-order valence-corrected chi connectivity index (χ1v) is 7.65. The van der Waals surface area contributed by atoms with Crippen LogP contribution in [0.4, 0.5) is 0 Å². The van der Waals surface area contributed by atoms with Crippen molar-refractivity contribution in [2.45, 2.75) is 83.8 Å². The van der Waals surface area contributed by atoms with Crippen molar-refractivity contribution in [2.75, 3.05) is 20.6 Å². The van der Waals surface area contributed by atoms with Gasteiger partial charge in [-0.25, -0.2) is 0 Å². The molecule has 1 heterocycles. The quantitative estimate of drug-likeness (QED) is 0.689. The van der Waals surface area contributed by atoms with E-state index < -0.39 is 0 Å². The van der Waals surface area contributed by atoms with Gasteiger partial charge < -0.3 is 4.90 Å². The molecule has 0 unspecified atom stereocenters. The Hall–Kier alpha value is -0.0800. The summed E-state index contributed by atoms with van der Waals surface area (Å²) < 4.78 is 0. The second kappa shape index (κ2) is 5.92. The lowest BCUT2D eigenvalue weighted by atomic mass is 9.77. The predicted octanol–water partition coefficient (Wildman–Crippen LogP) is 3.76. The molecular weight excluding hydrogens is 220 g/mol. The molecule has 0 radical (unpaired) electrons. The summed E-state index contributed by atoms with van der Waals surface area (Å²) in [7, 11) is 4.60. The van der Waals surface area contributed by atoms with Crippen LogP contribution in [-0.4, -0.2) is 47.6 Å². The number of hydrogen-bond donors (Lipinski definition) is 0. The van der Waals surface area contributed by atoms with Crippen LogP contribution < -0.4 is 0 Å². The highest BCUT2D eigenvalue weighted by atomic mass is 15.3. The Morgan fingerprint density at radius 1 is 1.06 bits per heavy atom. The fourth-order valence-electron chi connectivity index (χ4n) is 3.42. The Morgan fingerprint density at radius 2 is 1.56 bits per heavy atom. The van der Waals surface area contributed by atoms with Crippen LogP contribution >= 0.6 is 0 Å². The van der Waals surface area contributed by atoms with Crippen molar-refractivity contribution >= 4 is 0 Å². The van der Waals surface area contributed by atoms with Crippen LogP contribution in [0.1, 0.15) is 66.7 Å². The van der Waals surface area contributed by atoms with Gasteiger partial charge in [0.1, 0.15) is 0 Å². The molecule has 1 fully saturated rings. The van der Waals surface area contributed by atoms with Crippen LogP contribution in [0.3, 0.4) is 0 Å². The molecule has 108 valence electrons. The highest BCUT2D eigenvalue weighted by Crippen LogP contribution is 2.38. The van der Waals surface area contributed by atoms with E-state index in [9.17, 15) is 0 Å². The average Bonchev–Trinajstić information content (AvgIpc) is 2.25. The van der Waals surface area contributed by atoms with Crippen molar-refractivity contribution < 1.29 is 0 Å². The number of rotatable bonds is 5. The molecule has 1 aliphatic heterocycles. The third-order valence-electron chi connectivity index (χ3n) is 5.02. The van der Waals surface area contributed by atoms with Gasteiger partial charge in [0.15, 0.2) is 0 Å². The van der Waals surface area contributed by atoms with Crippen LogP contribution in [0.25, 0.3) is 0 Å². The Morgan fingerprint density at radius 3 is 2.00 bits per heavy atom. The van der Waals surface area contributed by atoms with Crippen molar-refractivity contribution in [1.29, 1.82) is 0 Å². The summed E-state index contributed by atoms with van der Waals surface area (Å²) >= 11 is 0. The minimum absolute atomic E-state index is 0.311. The van der Waals surface area contributed by atoms with E-state index in [0.29, 0.717) is 11.1 Å². The van der Waals surface area contributed by atoms with Gasteiger partial charge in [0.2, 0.25) is 0 Å². The standard InChI is InChI=1S/C16H34N2/c1-8-9-10-11-17(6)14-12-15(2,3)18(7)16(4,5)13-14/h14H,8-13H2,1-7H3. The van der Waals surface area contributed by atoms with E-state index in [4.69, 9.17) is 0 Å². The monoisotopic (exact) mass is 254 g/mol. The summed E-state index contributed by atoms with van der Waals surface area (Å²) in [6.45, 7) is 13.1. The first-order valence-electron chi connectivity index (χ1n) is 7.65. The van der Waals surface area contributed by atoms with Crippen LogP contribution in [0.5, 0.6) is 0 Å². The van der Waals surface area contributed by atoms with Gasteiger partial charge in [-0.2, -0.15) is 0 Å². The summed E-state index contributed by atoms with van der Waals surface area (Å²) in [5.41, 5.74) is 0.622. The molecule has 0 saturated carbocycles. The molecule has 2 nitrogen and oxygen atoms in total. The van der Waals surface area contributed by atoms with Gasteiger partial charge in [-0.05, 0) is 67.6 Å². The number of likely N-dealkylation sites (tertiary alicyclic amines) is 1. The number of unbranched alkanes of at least 4 members (excludes halogenated alkanes) is 2.